The summed E-state index contributed by atoms with van der Waals surface area (Å²) in [4.78, 5) is 33.0. The number of nitrogens with zero attached hydrogens (tertiary/aromatic N) is 7. The molecule has 39 heavy (non-hydrogen) atoms. The summed E-state index contributed by atoms with van der Waals surface area (Å²) in [6, 6.07) is 5.40. The predicted octanol–water partition coefficient (Wildman–Crippen LogP) is 3.22. The van der Waals surface area contributed by atoms with E-state index < -0.39 is 5.91 Å². The number of amides is 2. The molecule has 5 heterocycles. The van der Waals surface area contributed by atoms with Crippen molar-refractivity contribution >= 4 is 23.1 Å². The Kier molecular flexibility index (Phi) is 6.59. The number of pyridine rings is 2. The Balaban J connectivity index is 1.11. The van der Waals surface area contributed by atoms with E-state index in [9.17, 15) is 9.59 Å². The lowest BCUT2D eigenvalue weighted by atomic mass is 9.94. The van der Waals surface area contributed by atoms with Crippen molar-refractivity contribution in [1.29, 1.82) is 0 Å². The highest BCUT2D eigenvalue weighted by molar-refractivity contribution is 6.03. The Morgan fingerprint density at radius 3 is 2.64 bits per heavy atom. The van der Waals surface area contributed by atoms with Gasteiger partial charge in [0.2, 0.25) is 5.82 Å². The van der Waals surface area contributed by atoms with Crippen LogP contribution in [0.15, 0.2) is 43.0 Å². The molecule has 2 N–H and O–H groups in total. The second kappa shape index (κ2) is 10.2. The summed E-state index contributed by atoms with van der Waals surface area (Å²) in [6.07, 6.45) is 14.7. The van der Waals surface area contributed by atoms with Gasteiger partial charge in [-0.25, -0.2) is 0 Å². The number of aromatic nitrogens is 6. The van der Waals surface area contributed by atoms with Gasteiger partial charge < -0.3 is 10.6 Å². The zero-order chi connectivity index (χ0) is 27.0. The van der Waals surface area contributed by atoms with Gasteiger partial charge in [-0.1, -0.05) is 12.8 Å². The standard InChI is InChI=1S/C28H33N9O2/c1-19-23(14-21(16-30-19)26(38)29-10-13-36-11-5-9-28(36)7-3-4-8-28)32-27(39)25-34-33-24-15-20(6-12-37(24)25)22-17-31-35(2)18-22/h6,12,14-18H,3-5,7-11,13H2,1-2H3,(H,29,38)(H,32,39). The Hall–Kier alpha value is -4.12. The smallest absolute Gasteiger partial charge is 0.294 e. The minimum atomic E-state index is -0.435. The van der Waals surface area contributed by atoms with Crippen LogP contribution in [-0.4, -0.2) is 71.2 Å². The van der Waals surface area contributed by atoms with E-state index in [2.05, 4.69) is 35.8 Å². The molecule has 4 aromatic rings. The molecule has 11 heteroatoms. The molecular formula is C28H33N9O2. The van der Waals surface area contributed by atoms with Gasteiger partial charge >= 0.3 is 0 Å². The van der Waals surface area contributed by atoms with Crippen molar-refractivity contribution < 1.29 is 9.59 Å². The quantitative estimate of drug-likeness (QED) is 0.378. The van der Waals surface area contributed by atoms with Crippen LogP contribution in [0, 0.1) is 6.92 Å². The van der Waals surface area contributed by atoms with Crippen LogP contribution in [0.25, 0.3) is 16.8 Å². The Bertz CT molecular complexity index is 1530. The maximum atomic E-state index is 13.1. The number of rotatable bonds is 7. The molecule has 0 bridgehead atoms. The average molecular weight is 528 g/mol. The fraction of sp³-hybridized carbons (Fsp3) is 0.429. The summed E-state index contributed by atoms with van der Waals surface area (Å²) in [6.45, 7) is 4.34. The first kappa shape index (κ1) is 25.2. The third-order valence-electron chi connectivity index (χ3n) is 8.19. The highest BCUT2D eigenvalue weighted by Crippen LogP contribution is 2.42. The van der Waals surface area contributed by atoms with E-state index in [0.29, 0.717) is 34.7 Å². The molecule has 6 rings (SSSR count). The number of carbonyl (C=O) groups excluding carboxylic acids is 2. The van der Waals surface area contributed by atoms with Crippen LogP contribution in [0.5, 0.6) is 0 Å². The van der Waals surface area contributed by atoms with Gasteiger partial charge in [0.25, 0.3) is 11.8 Å². The monoisotopic (exact) mass is 527 g/mol. The number of carbonyl (C=O) groups is 2. The highest BCUT2D eigenvalue weighted by atomic mass is 16.2. The molecule has 0 atom stereocenters. The molecule has 2 aliphatic rings. The minimum Gasteiger partial charge on any atom is -0.351 e. The summed E-state index contributed by atoms with van der Waals surface area (Å²) in [5, 5.41) is 18.4. The first-order chi connectivity index (χ1) is 18.9. The molecule has 1 saturated carbocycles. The largest absolute Gasteiger partial charge is 0.351 e. The van der Waals surface area contributed by atoms with Gasteiger partial charge in [-0.05, 0) is 62.9 Å². The van der Waals surface area contributed by atoms with Crippen molar-refractivity contribution in [3.05, 3.63) is 60.1 Å². The third kappa shape index (κ3) is 4.89. The number of fused-ring (bicyclic) bond motifs is 1. The summed E-state index contributed by atoms with van der Waals surface area (Å²) >= 11 is 0. The number of aryl methyl sites for hydroxylation is 2. The topological polar surface area (TPSA) is 122 Å². The van der Waals surface area contributed by atoms with Gasteiger partial charge in [-0.3, -0.25) is 28.6 Å². The van der Waals surface area contributed by atoms with Crippen LogP contribution in [0.4, 0.5) is 5.69 Å². The van der Waals surface area contributed by atoms with E-state index in [1.165, 1.54) is 38.5 Å². The first-order valence-corrected chi connectivity index (χ1v) is 13.6. The van der Waals surface area contributed by atoms with Gasteiger partial charge in [-0.2, -0.15) is 5.10 Å². The zero-order valence-corrected chi connectivity index (χ0v) is 22.4. The molecule has 0 aromatic carbocycles. The Morgan fingerprint density at radius 2 is 1.85 bits per heavy atom. The third-order valence-corrected chi connectivity index (χ3v) is 8.19. The van der Waals surface area contributed by atoms with Crippen molar-refractivity contribution in [2.45, 2.75) is 51.0 Å². The molecule has 2 amide bonds. The number of hydrogen-bond donors (Lipinski definition) is 2. The molecule has 0 unspecified atom stereocenters. The lowest BCUT2D eigenvalue weighted by Gasteiger charge is -2.35. The van der Waals surface area contributed by atoms with E-state index >= 15 is 0 Å². The SMILES string of the molecule is Cc1ncc(C(=O)NCCN2CCCC23CCCC3)cc1NC(=O)c1nnc2cc(-c3cnn(C)c3)ccn12. The summed E-state index contributed by atoms with van der Waals surface area (Å²) in [5.41, 5.74) is 4.25. The summed E-state index contributed by atoms with van der Waals surface area (Å²) < 4.78 is 3.36. The van der Waals surface area contributed by atoms with Crippen molar-refractivity contribution in [3.63, 3.8) is 0 Å². The zero-order valence-electron chi connectivity index (χ0n) is 22.4. The van der Waals surface area contributed by atoms with E-state index in [1.807, 2.05) is 25.4 Å². The maximum absolute atomic E-state index is 13.1. The highest BCUT2D eigenvalue weighted by Gasteiger charge is 2.42. The van der Waals surface area contributed by atoms with Crippen molar-refractivity contribution in [1.82, 2.24) is 39.6 Å². The molecule has 2 fully saturated rings. The fourth-order valence-electron chi connectivity index (χ4n) is 6.11. The van der Waals surface area contributed by atoms with Gasteiger partial charge in [-0.15, -0.1) is 10.2 Å². The van der Waals surface area contributed by atoms with E-state index in [0.717, 1.165) is 24.2 Å². The fourth-order valence-corrected chi connectivity index (χ4v) is 6.11. The van der Waals surface area contributed by atoms with E-state index in [1.54, 1.807) is 40.7 Å². The number of likely N-dealkylation sites (tertiary alicyclic amines) is 1. The van der Waals surface area contributed by atoms with E-state index in [-0.39, 0.29) is 11.7 Å². The van der Waals surface area contributed by atoms with Gasteiger partial charge in [0, 0.05) is 49.8 Å². The molecule has 202 valence electrons. The van der Waals surface area contributed by atoms with Gasteiger partial charge in [0.15, 0.2) is 5.65 Å². The number of nitrogens with one attached hydrogen (secondary N) is 2. The molecule has 0 radical (unpaired) electrons. The van der Waals surface area contributed by atoms with Gasteiger partial charge in [0.1, 0.15) is 0 Å². The Morgan fingerprint density at radius 1 is 1.03 bits per heavy atom. The summed E-state index contributed by atoms with van der Waals surface area (Å²) in [7, 11) is 1.86. The van der Waals surface area contributed by atoms with Crippen LogP contribution in [0.3, 0.4) is 0 Å². The van der Waals surface area contributed by atoms with Crippen molar-refractivity contribution in [2.75, 3.05) is 25.0 Å². The van der Waals surface area contributed by atoms with Crippen LogP contribution in [0.2, 0.25) is 0 Å². The van der Waals surface area contributed by atoms with Crippen LogP contribution in [-0.2, 0) is 7.05 Å². The molecule has 1 spiro atoms. The lowest BCUT2D eigenvalue weighted by Crippen LogP contribution is -2.45. The molecule has 4 aromatic heterocycles. The molecule has 1 aliphatic heterocycles. The molecular weight excluding hydrogens is 494 g/mol. The van der Waals surface area contributed by atoms with Crippen LogP contribution >= 0.6 is 0 Å². The molecule has 11 nitrogen and oxygen atoms in total. The number of anilines is 1. The van der Waals surface area contributed by atoms with Gasteiger partial charge in [0.05, 0.1) is 23.1 Å². The van der Waals surface area contributed by atoms with Crippen LogP contribution < -0.4 is 10.6 Å². The average Bonchev–Trinajstić information content (AvgIpc) is 3.74. The maximum Gasteiger partial charge on any atom is 0.294 e. The first-order valence-electron chi connectivity index (χ1n) is 13.6. The second-order valence-corrected chi connectivity index (χ2v) is 10.7. The normalized spacial score (nSPS) is 16.8. The minimum absolute atomic E-state index is 0.142. The number of hydrogen-bond acceptors (Lipinski definition) is 7. The van der Waals surface area contributed by atoms with Crippen molar-refractivity contribution in [3.8, 4) is 11.1 Å². The van der Waals surface area contributed by atoms with Crippen LogP contribution in [0.1, 0.15) is 65.2 Å². The summed E-state index contributed by atoms with van der Waals surface area (Å²) in [5.74, 6) is -0.494. The Labute approximate surface area is 226 Å². The molecule has 1 aliphatic carbocycles. The van der Waals surface area contributed by atoms with E-state index in [4.69, 9.17) is 0 Å². The predicted molar refractivity (Wildman–Crippen MR) is 146 cm³/mol. The lowest BCUT2D eigenvalue weighted by molar-refractivity contribution is 0.0931. The second-order valence-electron chi connectivity index (χ2n) is 10.7. The molecule has 1 saturated heterocycles. The van der Waals surface area contributed by atoms with Crippen molar-refractivity contribution in [2.24, 2.45) is 7.05 Å².